The van der Waals surface area contributed by atoms with Gasteiger partial charge in [-0.3, -0.25) is 4.79 Å². The van der Waals surface area contributed by atoms with Gasteiger partial charge in [0.15, 0.2) is 12.1 Å². The third-order valence-corrected chi connectivity index (χ3v) is 8.06. The van der Waals surface area contributed by atoms with Crippen LogP contribution in [0, 0.1) is 0 Å². The number of rotatable bonds is 16. The first-order valence-electron chi connectivity index (χ1n) is 15.1. The van der Waals surface area contributed by atoms with Crippen molar-refractivity contribution in [2.75, 3.05) is 40.3 Å². The largest absolute Gasteiger partial charge is 0.493 e. The van der Waals surface area contributed by atoms with Crippen LogP contribution in [0.5, 0.6) is 5.75 Å². The third-order valence-electron chi connectivity index (χ3n) is 7.43. The molecule has 0 aliphatic heterocycles. The van der Waals surface area contributed by atoms with Gasteiger partial charge in [-0.25, -0.2) is 4.98 Å². The number of halogens is 2. The molecule has 1 aromatic heterocycles. The predicted molar refractivity (Wildman–Crippen MR) is 183 cm³/mol. The molecular weight excluding hydrogens is 593 g/mol. The van der Waals surface area contributed by atoms with Gasteiger partial charge in [-0.2, -0.15) is 0 Å². The smallest absolute Gasteiger partial charge is 0.275 e. The molecule has 44 heavy (non-hydrogen) atoms. The van der Waals surface area contributed by atoms with Crippen molar-refractivity contribution in [3.63, 3.8) is 0 Å². The fourth-order valence-electron chi connectivity index (χ4n) is 5.20. The summed E-state index contributed by atoms with van der Waals surface area (Å²) in [6.07, 6.45) is 7.97. The average molecular weight is 636 g/mol. The molecule has 0 aliphatic carbocycles. The Morgan fingerprint density at radius 2 is 1.80 bits per heavy atom. The molecule has 0 spiro atoms. The van der Waals surface area contributed by atoms with E-state index in [0.717, 1.165) is 65.9 Å². The van der Waals surface area contributed by atoms with Crippen LogP contribution in [0.1, 0.15) is 37.3 Å². The van der Waals surface area contributed by atoms with Gasteiger partial charge in [-0.1, -0.05) is 60.8 Å². The van der Waals surface area contributed by atoms with Crippen molar-refractivity contribution in [3.8, 4) is 28.3 Å². The maximum atomic E-state index is 12.3. The number of nitrogens with one attached hydrogen (secondary N) is 1. The van der Waals surface area contributed by atoms with Gasteiger partial charge >= 0.3 is 0 Å². The van der Waals surface area contributed by atoms with Crippen molar-refractivity contribution < 1.29 is 18.4 Å². The van der Waals surface area contributed by atoms with Gasteiger partial charge in [0.1, 0.15) is 11.3 Å². The number of likely N-dealkylation sites (N-methyl/N-ethyl adjacent to an activating group) is 1. The van der Waals surface area contributed by atoms with Crippen LogP contribution in [0.25, 0.3) is 33.7 Å². The Bertz CT molecular complexity index is 1610. The van der Waals surface area contributed by atoms with Crippen molar-refractivity contribution in [2.24, 2.45) is 0 Å². The lowest BCUT2D eigenvalue weighted by Gasteiger charge is -2.29. The number of quaternary nitrogens is 1. The minimum Gasteiger partial charge on any atom is -0.493 e. The molecule has 0 fully saturated rings. The Balaban J connectivity index is 1.56. The molecule has 3 aromatic carbocycles. The zero-order chi connectivity index (χ0) is 31.7. The second kappa shape index (κ2) is 15.4. The number of allylic oxidation sites excluding steroid dienone is 2. The van der Waals surface area contributed by atoms with Crippen LogP contribution in [0.2, 0.25) is 10.0 Å². The number of amides is 1. The number of oxazole rings is 1. The zero-order valence-electron chi connectivity index (χ0n) is 25.9. The molecule has 0 aliphatic rings. The van der Waals surface area contributed by atoms with E-state index in [4.69, 9.17) is 37.3 Å². The Kier molecular flexibility index (Phi) is 11.7. The van der Waals surface area contributed by atoms with E-state index >= 15 is 0 Å². The van der Waals surface area contributed by atoms with E-state index in [1.807, 2.05) is 30.4 Å². The monoisotopic (exact) mass is 634 g/mol. The summed E-state index contributed by atoms with van der Waals surface area (Å²) in [6, 6.07) is 15.6. The van der Waals surface area contributed by atoms with Crippen molar-refractivity contribution in [3.05, 3.63) is 95.0 Å². The maximum absolute atomic E-state index is 12.3. The first-order chi connectivity index (χ1) is 21.2. The Hall–Kier alpha value is -3.58. The molecule has 1 heterocycles. The number of benzene rings is 3. The van der Waals surface area contributed by atoms with Crippen LogP contribution in [0.3, 0.4) is 0 Å². The molecule has 0 bridgehead atoms. The number of unbranched alkanes of at least 4 members (excludes halogenated alkanes) is 1. The highest BCUT2D eigenvalue weighted by Crippen LogP contribution is 2.39. The molecule has 1 N–H and O–H groups in total. The molecule has 6 nitrogen and oxygen atoms in total. The summed E-state index contributed by atoms with van der Waals surface area (Å²) in [7, 11) is 4.15. The van der Waals surface area contributed by atoms with E-state index < -0.39 is 0 Å². The number of ether oxygens (including phenoxy) is 1. The number of carbonyl (C=O) groups excluding carboxylic acids is 1. The van der Waals surface area contributed by atoms with Gasteiger partial charge in [0, 0.05) is 18.5 Å². The van der Waals surface area contributed by atoms with E-state index in [2.05, 4.69) is 51.6 Å². The molecule has 0 saturated carbocycles. The fraction of sp³-hybridized carbons (Fsp3) is 0.333. The van der Waals surface area contributed by atoms with E-state index in [0.29, 0.717) is 57.6 Å². The van der Waals surface area contributed by atoms with Crippen molar-refractivity contribution in [1.82, 2.24) is 10.3 Å². The molecule has 0 radical (unpaired) electrons. The highest BCUT2D eigenvalue weighted by Gasteiger charge is 2.21. The van der Waals surface area contributed by atoms with Crippen LogP contribution in [0.4, 0.5) is 0 Å². The van der Waals surface area contributed by atoms with Crippen molar-refractivity contribution >= 4 is 40.2 Å². The summed E-state index contributed by atoms with van der Waals surface area (Å²) in [5.41, 5.74) is 5.92. The highest BCUT2D eigenvalue weighted by molar-refractivity contribution is 6.39. The SMILES string of the molecule is C=CCc1cc(-c2ccc(OCCC[N+](C)(C)CC(=O)NCCCC)c(CC=C)c2)c2oc(-c3c(Cl)cccc3Cl)nc2c1. The standard InChI is InChI=1S/C36H41Cl2N3O3/c1-6-9-18-39-33(42)24-41(4,5)19-11-20-43-32-17-16-26(23-27(32)13-8-3)28-21-25(12-7-2)22-31-35(28)44-36(40-31)34-29(37)14-10-15-30(34)38/h7-8,10,14-17,21-23H,2-3,6,9,11-13,18-20,24H2,1,4-5H3/p+1. The lowest BCUT2D eigenvalue weighted by Crippen LogP contribution is -2.48. The second-order valence-electron chi connectivity index (χ2n) is 11.6. The van der Waals surface area contributed by atoms with Crippen LogP contribution >= 0.6 is 23.2 Å². The van der Waals surface area contributed by atoms with Gasteiger partial charge in [-0.05, 0) is 72.4 Å². The van der Waals surface area contributed by atoms with E-state index in [-0.39, 0.29) is 5.91 Å². The number of nitrogens with zero attached hydrogens (tertiary/aromatic N) is 2. The second-order valence-corrected chi connectivity index (χ2v) is 12.5. The molecule has 0 unspecified atom stereocenters. The van der Waals surface area contributed by atoms with E-state index in [1.165, 1.54) is 0 Å². The van der Waals surface area contributed by atoms with E-state index in [9.17, 15) is 4.79 Å². The fourth-order valence-corrected chi connectivity index (χ4v) is 5.76. The van der Waals surface area contributed by atoms with Crippen LogP contribution in [-0.4, -0.2) is 55.7 Å². The molecule has 8 heteroatoms. The summed E-state index contributed by atoms with van der Waals surface area (Å²) < 4.78 is 13.2. The molecule has 232 valence electrons. The first kappa shape index (κ1) is 33.3. The van der Waals surface area contributed by atoms with Crippen LogP contribution < -0.4 is 10.1 Å². The Morgan fingerprint density at radius 3 is 2.50 bits per heavy atom. The minimum atomic E-state index is 0.0911. The quantitative estimate of drug-likeness (QED) is 0.0760. The van der Waals surface area contributed by atoms with Gasteiger partial charge in [-0.15, -0.1) is 13.2 Å². The van der Waals surface area contributed by atoms with Crippen molar-refractivity contribution in [1.29, 1.82) is 0 Å². The first-order valence-corrected chi connectivity index (χ1v) is 15.9. The topological polar surface area (TPSA) is 64.4 Å². The highest BCUT2D eigenvalue weighted by atomic mass is 35.5. The van der Waals surface area contributed by atoms with Gasteiger partial charge in [0.05, 0.1) is 42.9 Å². The Labute approximate surface area is 270 Å². The predicted octanol–water partition coefficient (Wildman–Crippen LogP) is 8.69. The van der Waals surface area contributed by atoms with Gasteiger partial charge in [0.25, 0.3) is 5.91 Å². The molecular formula is C36H42Cl2N3O3+. The third kappa shape index (κ3) is 8.53. The number of hydrogen-bond donors (Lipinski definition) is 1. The number of aromatic nitrogens is 1. The molecule has 4 rings (SSSR count). The number of carbonyl (C=O) groups is 1. The minimum absolute atomic E-state index is 0.0911. The summed E-state index contributed by atoms with van der Waals surface area (Å²) in [4.78, 5) is 17.1. The average Bonchev–Trinajstić information content (AvgIpc) is 3.39. The van der Waals surface area contributed by atoms with Gasteiger partial charge in [0.2, 0.25) is 5.89 Å². The lowest BCUT2D eigenvalue weighted by molar-refractivity contribution is -0.882. The molecule has 1 amide bonds. The molecule has 0 saturated heterocycles. The normalized spacial score (nSPS) is 11.5. The van der Waals surface area contributed by atoms with Gasteiger partial charge < -0.3 is 19.0 Å². The summed E-state index contributed by atoms with van der Waals surface area (Å²) in [5.74, 6) is 1.28. The van der Waals surface area contributed by atoms with Crippen LogP contribution in [0.15, 0.2) is 78.3 Å². The summed E-state index contributed by atoms with van der Waals surface area (Å²) in [6.45, 7) is 12.6. The summed E-state index contributed by atoms with van der Waals surface area (Å²) in [5, 5.41) is 3.96. The van der Waals surface area contributed by atoms with E-state index in [1.54, 1.807) is 18.2 Å². The Morgan fingerprint density at radius 1 is 1.05 bits per heavy atom. The lowest BCUT2D eigenvalue weighted by atomic mass is 9.97. The van der Waals surface area contributed by atoms with Crippen LogP contribution in [-0.2, 0) is 17.6 Å². The summed E-state index contributed by atoms with van der Waals surface area (Å²) >= 11 is 13.0. The number of fused-ring (bicyclic) bond motifs is 1. The molecule has 0 atom stereocenters. The molecule has 4 aromatic rings. The maximum Gasteiger partial charge on any atom is 0.275 e. The number of hydrogen-bond acceptors (Lipinski definition) is 4. The van der Waals surface area contributed by atoms with Crippen molar-refractivity contribution in [2.45, 2.75) is 39.0 Å². The zero-order valence-corrected chi connectivity index (χ0v) is 27.4.